The predicted molar refractivity (Wildman–Crippen MR) is 93.6 cm³/mol. The van der Waals surface area contributed by atoms with Gasteiger partial charge in [0.25, 0.3) is 0 Å². The number of carbonyl (C=O) groups excluding carboxylic acids is 1. The Morgan fingerprint density at radius 1 is 1.23 bits per heavy atom. The molecule has 22 heavy (non-hydrogen) atoms. The number of aromatic hydroxyl groups is 1. The highest BCUT2D eigenvalue weighted by atomic mass is 16.3. The fourth-order valence-electron chi connectivity index (χ4n) is 2.75. The Hall–Kier alpha value is -1.77. The van der Waals surface area contributed by atoms with E-state index in [0.717, 1.165) is 24.0 Å². The molecule has 0 fully saturated rings. The molecule has 0 bridgehead atoms. The van der Waals surface area contributed by atoms with E-state index in [1.165, 1.54) is 6.08 Å². The maximum atomic E-state index is 11.6. The highest BCUT2D eigenvalue weighted by molar-refractivity contribution is 5.99. The van der Waals surface area contributed by atoms with Crippen LogP contribution in [0.5, 0.6) is 5.75 Å². The zero-order valence-corrected chi connectivity index (χ0v) is 14.7. The number of phenols is 1. The van der Waals surface area contributed by atoms with Gasteiger partial charge in [0.05, 0.1) is 0 Å². The van der Waals surface area contributed by atoms with Gasteiger partial charge in [-0.2, -0.15) is 0 Å². The van der Waals surface area contributed by atoms with Crippen molar-refractivity contribution in [1.29, 1.82) is 0 Å². The van der Waals surface area contributed by atoms with Crippen LogP contribution in [0.4, 0.5) is 5.69 Å². The fourth-order valence-corrected chi connectivity index (χ4v) is 2.75. The molecule has 1 amide bonds. The molecule has 0 aliphatic carbocycles. The van der Waals surface area contributed by atoms with Crippen LogP contribution in [-0.4, -0.2) is 11.0 Å². The molecule has 0 heterocycles. The summed E-state index contributed by atoms with van der Waals surface area (Å²) in [5.74, 6) is 0.0901. The number of hydrogen-bond donors (Lipinski definition) is 2. The summed E-state index contributed by atoms with van der Waals surface area (Å²) in [7, 11) is 0. The van der Waals surface area contributed by atoms with Crippen molar-refractivity contribution in [2.24, 2.45) is 0 Å². The molecule has 0 unspecified atom stereocenters. The van der Waals surface area contributed by atoms with E-state index >= 15 is 0 Å². The Kier molecular flexibility index (Phi) is 5.44. The number of nitrogens with one attached hydrogen (secondary N) is 1. The minimum absolute atomic E-state index is 0.159. The van der Waals surface area contributed by atoms with E-state index in [1.807, 2.05) is 12.1 Å². The molecule has 1 aromatic carbocycles. The van der Waals surface area contributed by atoms with E-state index in [-0.39, 0.29) is 16.7 Å². The predicted octanol–water partition coefficient (Wildman–Crippen LogP) is 4.89. The SMILES string of the molecule is C=CC(=O)Nc1cc(C(C)(C)C)c(O)c(C(C)(C)CCC)c1. The third kappa shape index (κ3) is 4.12. The molecule has 3 nitrogen and oxygen atoms in total. The average Bonchev–Trinajstić information content (AvgIpc) is 2.38. The minimum Gasteiger partial charge on any atom is -0.507 e. The zero-order valence-electron chi connectivity index (χ0n) is 14.7. The van der Waals surface area contributed by atoms with Crippen LogP contribution in [0.1, 0.15) is 65.5 Å². The molecular formula is C19H29NO2. The number of phenolic OH excluding ortho intramolecular Hbond substituents is 1. The Balaban J connectivity index is 3.51. The number of anilines is 1. The summed E-state index contributed by atoms with van der Waals surface area (Å²) in [6.07, 6.45) is 3.24. The lowest BCUT2D eigenvalue weighted by Crippen LogP contribution is -2.21. The quantitative estimate of drug-likeness (QED) is 0.601. The molecule has 3 heteroatoms. The minimum atomic E-state index is -0.246. The summed E-state index contributed by atoms with van der Waals surface area (Å²) in [6, 6.07) is 3.73. The summed E-state index contributed by atoms with van der Waals surface area (Å²) in [5, 5.41) is 13.6. The maximum absolute atomic E-state index is 11.6. The van der Waals surface area contributed by atoms with E-state index in [0.29, 0.717) is 11.4 Å². The van der Waals surface area contributed by atoms with Crippen molar-refractivity contribution in [3.05, 3.63) is 35.9 Å². The lowest BCUT2D eigenvalue weighted by molar-refractivity contribution is -0.111. The summed E-state index contributed by atoms with van der Waals surface area (Å²) in [5.41, 5.74) is 2.05. The molecule has 0 aliphatic heterocycles. The van der Waals surface area contributed by atoms with Crippen LogP contribution in [0, 0.1) is 0 Å². The smallest absolute Gasteiger partial charge is 0.247 e. The van der Waals surface area contributed by atoms with Gasteiger partial charge >= 0.3 is 0 Å². The van der Waals surface area contributed by atoms with Gasteiger partial charge in [-0.15, -0.1) is 0 Å². The molecule has 0 aromatic heterocycles. The van der Waals surface area contributed by atoms with E-state index in [1.54, 1.807) is 0 Å². The van der Waals surface area contributed by atoms with E-state index in [4.69, 9.17) is 0 Å². The van der Waals surface area contributed by atoms with Gasteiger partial charge in [-0.25, -0.2) is 0 Å². The third-order valence-corrected chi connectivity index (χ3v) is 3.97. The maximum Gasteiger partial charge on any atom is 0.247 e. The second-order valence-electron chi connectivity index (χ2n) is 7.50. The van der Waals surface area contributed by atoms with Gasteiger partial charge in [-0.1, -0.05) is 54.5 Å². The topological polar surface area (TPSA) is 49.3 Å². The molecule has 0 aliphatic rings. The lowest BCUT2D eigenvalue weighted by atomic mass is 9.76. The summed E-state index contributed by atoms with van der Waals surface area (Å²) < 4.78 is 0. The van der Waals surface area contributed by atoms with Crippen LogP contribution in [0.3, 0.4) is 0 Å². The molecule has 0 atom stereocenters. The first-order valence-electron chi connectivity index (χ1n) is 7.84. The highest BCUT2D eigenvalue weighted by Crippen LogP contribution is 2.42. The van der Waals surface area contributed by atoms with Gasteiger partial charge in [0, 0.05) is 16.8 Å². The van der Waals surface area contributed by atoms with Crippen LogP contribution < -0.4 is 5.32 Å². The number of hydrogen-bond acceptors (Lipinski definition) is 2. The third-order valence-electron chi connectivity index (χ3n) is 3.97. The Labute approximate surface area is 134 Å². The van der Waals surface area contributed by atoms with Crippen molar-refractivity contribution >= 4 is 11.6 Å². The largest absolute Gasteiger partial charge is 0.507 e. The van der Waals surface area contributed by atoms with Crippen LogP contribution in [0.25, 0.3) is 0 Å². The van der Waals surface area contributed by atoms with Gasteiger partial charge in [0.1, 0.15) is 5.75 Å². The summed E-state index contributed by atoms with van der Waals surface area (Å²) >= 11 is 0. The van der Waals surface area contributed by atoms with Gasteiger partial charge in [-0.3, -0.25) is 4.79 Å². The van der Waals surface area contributed by atoms with Crippen molar-refractivity contribution in [3.8, 4) is 5.75 Å². The standard InChI is InChI=1S/C19H29NO2/c1-8-10-19(6,7)15-12-13(20-16(21)9-2)11-14(17(15)22)18(3,4)5/h9,11-12,22H,2,8,10H2,1,3-7H3,(H,20,21). The monoisotopic (exact) mass is 303 g/mol. The number of benzene rings is 1. The Morgan fingerprint density at radius 3 is 2.23 bits per heavy atom. The first-order chi connectivity index (χ1) is 10.0. The van der Waals surface area contributed by atoms with Crippen LogP contribution in [0.15, 0.2) is 24.8 Å². The summed E-state index contributed by atoms with van der Waals surface area (Å²) in [6.45, 7) is 16.0. The first kappa shape index (κ1) is 18.3. The van der Waals surface area contributed by atoms with Crippen molar-refractivity contribution in [2.45, 2.75) is 65.2 Å². The average molecular weight is 303 g/mol. The molecule has 0 saturated heterocycles. The fraction of sp³-hybridized carbons (Fsp3) is 0.526. The second-order valence-corrected chi connectivity index (χ2v) is 7.50. The van der Waals surface area contributed by atoms with Crippen molar-refractivity contribution in [2.75, 3.05) is 5.32 Å². The van der Waals surface area contributed by atoms with E-state index < -0.39 is 0 Å². The van der Waals surface area contributed by atoms with Crippen LogP contribution >= 0.6 is 0 Å². The number of amides is 1. The van der Waals surface area contributed by atoms with Gasteiger partial charge in [0.2, 0.25) is 5.91 Å². The van der Waals surface area contributed by atoms with Gasteiger partial charge in [0.15, 0.2) is 0 Å². The lowest BCUT2D eigenvalue weighted by Gasteiger charge is -2.30. The number of carbonyl (C=O) groups is 1. The number of rotatable bonds is 5. The molecule has 0 spiro atoms. The van der Waals surface area contributed by atoms with Crippen molar-refractivity contribution < 1.29 is 9.90 Å². The molecule has 1 rings (SSSR count). The molecule has 2 N–H and O–H groups in total. The zero-order chi connectivity index (χ0) is 17.1. The Bertz CT molecular complexity index is 566. The molecule has 0 radical (unpaired) electrons. The van der Waals surface area contributed by atoms with E-state index in [2.05, 4.69) is 53.4 Å². The van der Waals surface area contributed by atoms with Crippen molar-refractivity contribution in [3.63, 3.8) is 0 Å². The summed E-state index contributed by atoms with van der Waals surface area (Å²) in [4.78, 5) is 11.6. The van der Waals surface area contributed by atoms with Gasteiger partial charge in [-0.05, 0) is 35.5 Å². The Morgan fingerprint density at radius 2 is 1.77 bits per heavy atom. The van der Waals surface area contributed by atoms with E-state index in [9.17, 15) is 9.90 Å². The van der Waals surface area contributed by atoms with Crippen molar-refractivity contribution in [1.82, 2.24) is 0 Å². The molecule has 1 aromatic rings. The normalized spacial score (nSPS) is 12.1. The first-order valence-corrected chi connectivity index (χ1v) is 7.84. The van der Waals surface area contributed by atoms with Crippen LogP contribution in [0.2, 0.25) is 0 Å². The van der Waals surface area contributed by atoms with Crippen LogP contribution in [-0.2, 0) is 15.6 Å². The highest BCUT2D eigenvalue weighted by Gasteiger charge is 2.29. The molecular weight excluding hydrogens is 274 g/mol. The second kappa shape index (κ2) is 6.55. The molecule has 0 saturated carbocycles. The molecule has 122 valence electrons. The van der Waals surface area contributed by atoms with Gasteiger partial charge < -0.3 is 10.4 Å².